The monoisotopic (exact) mass is 302 g/mol. The molecule has 110 valence electrons. The molecule has 3 rings (SSSR count). The van der Waals surface area contributed by atoms with E-state index in [9.17, 15) is 4.79 Å². The number of H-pyrrole nitrogens is 1. The molecule has 21 heavy (non-hydrogen) atoms. The van der Waals surface area contributed by atoms with Crippen LogP contribution >= 0.6 is 12.2 Å². The van der Waals surface area contributed by atoms with Crippen LogP contribution in [0.1, 0.15) is 25.7 Å². The van der Waals surface area contributed by atoms with Gasteiger partial charge in [-0.25, -0.2) is 0 Å². The molecule has 1 aromatic carbocycles. The largest absolute Gasteiger partial charge is 0.353 e. The predicted octanol–water partition coefficient (Wildman–Crippen LogP) is 2.67. The van der Waals surface area contributed by atoms with Gasteiger partial charge in [0.05, 0.1) is 0 Å². The molecule has 0 spiro atoms. The second-order valence-electron chi connectivity index (χ2n) is 5.32. The maximum atomic E-state index is 11.7. The van der Waals surface area contributed by atoms with Crippen molar-refractivity contribution in [3.05, 3.63) is 35.1 Å². The number of carbonyl (C=O) groups excluding carboxylic acids is 1. The van der Waals surface area contributed by atoms with Crippen LogP contribution in [0.4, 0.5) is 0 Å². The average Bonchev–Trinajstić information content (AvgIpc) is 3.23. The minimum atomic E-state index is 0.133. The Morgan fingerprint density at radius 3 is 2.86 bits per heavy atom. The molecule has 1 amide bonds. The highest BCUT2D eigenvalue weighted by Crippen LogP contribution is 2.19. The van der Waals surface area contributed by atoms with Crippen LogP contribution in [0.15, 0.2) is 30.3 Å². The first-order valence-electron chi connectivity index (χ1n) is 7.24. The van der Waals surface area contributed by atoms with E-state index in [0.29, 0.717) is 23.8 Å². The molecular formula is C15H18N4OS. The summed E-state index contributed by atoms with van der Waals surface area (Å²) in [5.41, 5.74) is 1.02. The van der Waals surface area contributed by atoms with Gasteiger partial charge in [0.25, 0.3) is 0 Å². The number of aromatic amines is 1. The number of carbonyl (C=O) groups is 1. The number of rotatable bonds is 6. The highest BCUT2D eigenvalue weighted by Gasteiger charge is 2.22. The van der Waals surface area contributed by atoms with E-state index in [4.69, 9.17) is 12.2 Å². The van der Waals surface area contributed by atoms with Crippen LogP contribution < -0.4 is 5.32 Å². The van der Waals surface area contributed by atoms with Crippen LogP contribution in [0, 0.1) is 4.77 Å². The molecule has 1 aromatic heterocycles. The SMILES string of the molecule is O=C(CCCn1c(-c2ccccc2)n[nH]c1=S)NC1CC1. The fourth-order valence-corrected chi connectivity index (χ4v) is 2.48. The summed E-state index contributed by atoms with van der Waals surface area (Å²) >= 11 is 5.28. The second kappa shape index (κ2) is 6.22. The predicted molar refractivity (Wildman–Crippen MR) is 83.2 cm³/mol. The van der Waals surface area contributed by atoms with Crippen molar-refractivity contribution < 1.29 is 4.79 Å². The van der Waals surface area contributed by atoms with Gasteiger partial charge in [0.1, 0.15) is 0 Å². The van der Waals surface area contributed by atoms with E-state index < -0.39 is 0 Å². The van der Waals surface area contributed by atoms with Gasteiger partial charge in [-0.1, -0.05) is 30.3 Å². The Labute approximate surface area is 128 Å². The molecule has 6 heteroatoms. The zero-order valence-corrected chi connectivity index (χ0v) is 12.5. The van der Waals surface area contributed by atoms with Gasteiger partial charge in [0.2, 0.25) is 5.91 Å². The van der Waals surface area contributed by atoms with Crippen LogP contribution in [-0.4, -0.2) is 26.7 Å². The first kappa shape index (κ1) is 14.0. The van der Waals surface area contributed by atoms with Crippen LogP contribution in [0.25, 0.3) is 11.4 Å². The van der Waals surface area contributed by atoms with Crippen molar-refractivity contribution in [2.24, 2.45) is 0 Å². The van der Waals surface area contributed by atoms with E-state index in [-0.39, 0.29) is 5.91 Å². The van der Waals surface area contributed by atoms with Crippen molar-refractivity contribution >= 4 is 18.1 Å². The molecule has 1 aliphatic rings. The smallest absolute Gasteiger partial charge is 0.220 e. The highest BCUT2D eigenvalue weighted by atomic mass is 32.1. The van der Waals surface area contributed by atoms with Gasteiger partial charge in [-0.05, 0) is 31.5 Å². The maximum absolute atomic E-state index is 11.7. The number of nitrogens with zero attached hydrogens (tertiary/aromatic N) is 2. The molecule has 5 nitrogen and oxygen atoms in total. The number of aromatic nitrogens is 3. The summed E-state index contributed by atoms with van der Waals surface area (Å²) in [6, 6.07) is 10.3. The number of hydrogen-bond acceptors (Lipinski definition) is 3. The lowest BCUT2D eigenvalue weighted by molar-refractivity contribution is -0.121. The van der Waals surface area contributed by atoms with Crippen molar-refractivity contribution in [2.45, 2.75) is 38.3 Å². The molecule has 0 unspecified atom stereocenters. The minimum absolute atomic E-state index is 0.133. The van der Waals surface area contributed by atoms with Gasteiger partial charge < -0.3 is 9.88 Å². The Kier molecular flexibility index (Phi) is 4.15. The summed E-state index contributed by atoms with van der Waals surface area (Å²) in [6.45, 7) is 0.692. The highest BCUT2D eigenvalue weighted by molar-refractivity contribution is 7.71. The normalized spacial score (nSPS) is 14.1. The van der Waals surface area contributed by atoms with Gasteiger partial charge in [-0.3, -0.25) is 9.89 Å². The Hall–Kier alpha value is -1.95. The van der Waals surface area contributed by atoms with Crippen molar-refractivity contribution in [1.29, 1.82) is 0 Å². The quantitative estimate of drug-likeness (QED) is 0.806. The summed E-state index contributed by atoms with van der Waals surface area (Å²) in [5.74, 6) is 0.956. The summed E-state index contributed by atoms with van der Waals surface area (Å²) in [6.07, 6.45) is 3.53. The van der Waals surface area contributed by atoms with Crippen LogP contribution in [-0.2, 0) is 11.3 Å². The number of amides is 1. The lowest BCUT2D eigenvalue weighted by Crippen LogP contribution is -2.25. The summed E-state index contributed by atoms with van der Waals surface area (Å²) in [4.78, 5) is 11.7. The van der Waals surface area contributed by atoms with E-state index in [2.05, 4.69) is 15.5 Å². The van der Waals surface area contributed by atoms with Gasteiger partial charge >= 0.3 is 0 Å². The first-order chi connectivity index (χ1) is 10.2. The van der Waals surface area contributed by atoms with E-state index in [1.807, 2.05) is 34.9 Å². The number of nitrogens with one attached hydrogen (secondary N) is 2. The fraction of sp³-hybridized carbons (Fsp3) is 0.400. The Balaban J connectivity index is 1.63. The Bertz CT molecular complexity index is 672. The average molecular weight is 302 g/mol. The summed E-state index contributed by atoms with van der Waals surface area (Å²) in [5, 5.41) is 10.1. The van der Waals surface area contributed by atoms with Crippen LogP contribution in [0.3, 0.4) is 0 Å². The fourth-order valence-electron chi connectivity index (χ4n) is 2.26. The standard InChI is InChI=1S/C15H18N4OS/c20-13(16-12-8-9-12)7-4-10-19-14(17-18-15(19)21)11-5-2-1-3-6-11/h1-3,5-6,12H,4,7-10H2,(H,16,20)(H,18,21). The second-order valence-corrected chi connectivity index (χ2v) is 5.70. The van der Waals surface area contributed by atoms with E-state index in [1.165, 1.54) is 0 Å². The molecule has 2 N–H and O–H groups in total. The van der Waals surface area contributed by atoms with Crippen LogP contribution in [0.2, 0.25) is 0 Å². The van der Waals surface area contributed by atoms with Crippen molar-refractivity contribution in [3.8, 4) is 11.4 Å². The summed E-state index contributed by atoms with van der Waals surface area (Å²) in [7, 11) is 0. The van der Waals surface area contributed by atoms with E-state index in [1.54, 1.807) is 0 Å². The van der Waals surface area contributed by atoms with Crippen molar-refractivity contribution in [2.75, 3.05) is 0 Å². The first-order valence-corrected chi connectivity index (χ1v) is 7.65. The molecule has 0 aliphatic heterocycles. The van der Waals surface area contributed by atoms with Gasteiger partial charge in [0, 0.05) is 24.6 Å². The molecule has 1 saturated carbocycles. The van der Waals surface area contributed by atoms with Crippen molar-refractivity contribution in [3.63, 3.8) is 0 Å². The van der Waals surface area contributed by atoms with E-state index in [0.717, 1.165) is 30.7 Å². The molecular weight excluding hydrogens is 284 g/mol. The lowest BCUT2D eigenvalue weighted by atomic mass is 10.2. The molecule has 1 aliphatic carbocycles. The minimum Gasteiger partial charge on any atom is -0.353 e. The number of hydrogen-bond donors (Lipinski definition) is 2. The molecule has 0 bridgehead atoms. The van der Waals surface area contributed by atoms with Gasteiger partial charge in [-0.2, -0.15) is 5.10 Å². The molecule has 1 heterocycles. The van der Waals surface area contributed by atoms with E-state index >= 15 is 0 Å². The summed E-state index contributed by atoms with van der Waals surface area (Å²) < 4.78 is 2.55. The van der Waals surface area contributed by atoms with Gasteiger partial charge in [0.15, 0.2) is 10.6 Å². The molecule has 0 saturated heterocycles. The van der Waals surface area contributed by atoms with Crippen molar-refractivity contribution in [1.82, 2.24) is 20.1 Å². The van der Waals surface area contributed by atoms with Crippen LogP contribution in [0.5, 0.6) is 0 Å². The Morgan fingerprint density at radius 2 is 2.14 bits per heavy atom. The third-order valence-corrected chi connectivity index (χ3v) is 3.83. The Morgan fingerprint density at radius 1 is 1.38 bits per heavy atom. The number of benzene rings is 1. The maximum Gasteiger partial charge on any atom is 0.220 e. The van der Waals surface area contributed by atoms with Gasteiger partial charge in [-0.15, -0.1) is 0 Å². The zero-order valence-electron chi connectivity index (χ0n) is 11.7. The molecule has 1 fully saturated rings. The third-order valence-electron chi connectivity index (χ3n) is 3.52. The lowest BCUT2D eigenvalue weighted by Gasteiger charge is -2.07. The third kappa shape index (κ3) is 3.58. The zero-order chi connectivity index (χ0) is 14.7. The molecule has 2 aromatic rings. The topological polar surface area (TPSA) is 62.7 Å². The molecule has 0 radical (unpaired) electrons. The molecule has 0 atom stereocenters.